The number of nitrogens with zero attached hydrogens (tertiary/aromatic N) is 2. The minimum absolute atomic E-state index is 0.296. The van der Waals surface area contributed by atoms with Gasteiger partial charge in [-0.05, 0) is 49.4 Å². The van der Waals surface area contributed by atoms with Gasteiger partial charge in [-0.2, -0.15) is 0 Å². The predicted molar refractivity (Wildman–Crippen MR) is 84.6 cm³/mol. The second kappa shape index (κ2) is 5.19. The summed E-state index contributed by atoms with van der Waals surface area (Å²) in [7, 11) is 0. The fourth-order valence-electron chi connectivity index (χ4n) is 3.86. The van der Waals surface area contributed by atoms with E-state index in [0.717, 1.165) is 16.6 Å². The minimum atomic E-state index is 0.296. The summed E-state index contributed by atoms with van der Waals surface area (Å²) in [5.74, 6) is 1.20. The zero-order valence-corrected chi connectivity index (χ0v) is 12.1. The monoisotopic (exact) mass is 283 g/mol. The van der Waals surface area contributed by atoms with Crippen LogP contribution in [0, 0.1) is 0 Å². The average Bonchev–Trinajstić information content (AvgIpc) is 2.91. The molecule has 0 aliphatic carbocycles. The van der Waals surface area contributed by atoms with E-state index in [2.05, 4.69) is 15.2 Å². The van der Waals surface area contributed by atoms with E-state index >= 15 is 0 Å². The molecule has 0 spiro atoms. The van der Waals surface area contributed by atoms with Gasteiger partial charge in [-0.1, -0.05) is 12.5 Å². The molecule has 0 radical (unpaired) electrons. The van der Waals surface area contributed by atoms with Crippen LogP contribution in [-0.4, -0.2) is 40.2 Å². The molecule has 2 unspecified atom stereocenters. The maximum atomic E-state index is 9.74. The molecule has 2 aliphatic rings. The number of anilines is 1. The number of aromatic hydroxyl groups is 1. The highest BCUT2D eigenvalue weighted by Crippen LogP contribution is 2.31. The van der Waals surface area contributed by atoms with Crippen LogP contribution >= 0.6 is 0 Å². The molecule has 2 N–H and O–H groups in total. The van der Waals surface area contributed by atoms with Gasteiger partial charge in [0.05, 0.1) is 0 Å². The molecule has 2 fully saturated rings. The highest BCUT2D eigenvalue weighted by Gasteiger charge is 2.35. The third-order valence-electron chi connectivity index (χ3n) is 4.93. The Hall–Kier alpha value is -1.81. The first-order chi connectivity index (χ1) is 10.3. The van der Waals surface area contributed by atoms with Crippen LogP contribution in [0.25, 0.3) is 10.8 Å². The predicted octanol–water partition coefficient (Wildman–Crippen LogP) is 2.98. The maximum Gasteiger partial charge on any atom is 0.134 e. The number of benzene rings is 1. The normalized spacial score (nSPS) is 25.9. The van der Waals surface area contributed by atoms with Gasteiger partial charge in [0.2, 0.25) is 0 Å². The lowest BCUT2D eigenvalue weighted by atomic mass is 9.99. The molecule has 2 saturated heterocycles. The van der Waals surface area contributed by atoms with Gasteiger partial charge in [0.1, 0.15) is 11.6 Å². The van der Waals surface area contributed by atoms with Crippen LogP contribution in [-0.2, 0) is 0 Å². The van der Waals surface area contributed by atoms with E-state index < -0.39 is 0 Å². The van der Waals surface area contributed by atoms with Crippen LogP contribution in [0.3, 0.4) is 0 Å². The number of hydrogen-bond acceptors (Lipinski definition) is 4. The SMILES string of the molecule is Oc1ccc2ccnc(NC3CCN4CCCCC34)c2c1. The molecule has 0 saturated carbocycles. The molecule has 3 heterocycles. The van der Waals surface area contributed by atoms with E-state index in [1.54, 1.807) is 12.1 Å². The van der Waals surface area contributed by atoms with Crippen LogP contribution < -0.4 is 5.32 Å². The van der Waals surface area contributed by atoms with Crippen molar-refractivity contribution < 1.29 is 5.11 Å². The zero-order valence-electron chi connectivity index (χ0n) is 12.1. The Morgan fingerprint density at radius 3 is 3.05 bits per heavy atom. The highest BCUT2D eigenvalue weighted by atomic mass is 16.3. The molecule has 4 heteroatoms. The maximum absolute atomic E-state index is 9.74. The molecule has 2 atom stereocenters. The fraction of sp³-hybridized carbons (Fsp3) is 0.471. The molecule has 1 aromatic carbocycles. The first kappa shape index (κ1) is 12.9. The molecule has 2 aromatic rings. The summed E-state index contributed by atoms with van der Waals surface area (Å²) in [6, 6.07) is 8.59. The van der Waals surface area contributed by atoms with Crippen LogP contribution in [0.4, 0.5) is 5.82 Å². The molecule has 4 rings (SSSR count). The van der Waals surface area contributed by atoms with Crippen molar-refractivity contribution in [3.8, 4) is 5.75 Å². The quantitative estimate of drug-likeness (QED) is 0.889. The fourth-order valence-corrected chi connectivity index (χ4v) is 3.86. The summed E-state index contributed by atoms with van der Waals surface area (Å²) in [5, 5.41) is 15.5. The molecule has 21 heavy (non-hydrogen) atoms. The molecule has 0 bridgehead atoms. The lowest BCUT2D eigenvalue weighted by Crippen LogP contribution is -2.41. The average molecular weight is 283 g/mol. The zero-order chi connectivity index (χ0) is 14.2. The molecule has 2 aliphatic heterocycles. The van der Waals surface area contributed by atoms with Crippen molar-refractivity contribution in [2.75, 3.05) is 18.4 Å². The van der Waals surface area contributed by atoms with Gasteiger partial charge >= 0.3 is 0 Å². The van der Waals surface area contributed by atoms with Crippen molar-refractivity contribution in [3.05, 3.63) is 30.5 Å². The Bertz CT molecular complexity index is 658. The van der Waals surface area contributed by atoms with Gasteiger partial charge in [-0.15, -0.1) is 0 Å². The Morgan fingerprint density at radius 1 is 1.14 bits per heavy atom. The van der Waals surface area contributed by atoms with E-state index in [-0.39, 0.29) is 0 Å². The van der Waals surface area contributed by atoms with E-state index in [0.29, 0.717) is 17.8 Å². The van der Waals surface area contributed by atoms with Crippen molar-refractivity contribution in [2.45, 2.75) is 37.8 Å². The largest absolute Gasteiger partial charge is 0.508 e. The standard InChI is InChI=1S/C17H21N3O/c21-13-5-4-12-6-8-18-17(14(12)11-13)19-15-7-10-20-9-2-1-3-16(15)20/h4-6,8,11,15-16,21H,1-3,7,9-10H2,(H,18,19). The number of pyridine rings is 1. The van der Waals surface area contributed by atoms with Gasteiger partial charge in [-0.3, -0.25) is 4.90 Å². The Kier molecular flexibility index (Phi) is 3.19. The molecule has 1 aromatic heterocycles. The van der Waals surface area contributed by atoms with Crippen molar-refractivity contribution in [1.82, 2.24) is 9.88 Å². The number of hydrogen-bond donors (Lipinski definition) is 2. The second-order valence-corrected chi connectivity index (χ2v) is 6.20. The van der Waals surface area contributed by atoms with Crippen LogP contribution in [0.1, 0.15) is 25.7 Å². The lowest BCUT2D eigenvalue weighted by Gasteiger charge is -2.32. The number of phenolic OH excluding ortho intramolecular Hbond substituents is 1. The number of nitrogens with one attached hydrogen (secondary N) is 1. The number of phenols is 1. The van der Waals surface area contributed by atoms with Crippen LogP contribution in [0.5, 0.6) is 5.75 Å². The smallest absolute Gasteiger partial charge is 0.134 e. The molecule has 110 valence electrons. The summed E-state index contributed by atoms with van der Waals surface area (Å²) in [5.41, 5.74) is 0. The Labute approximate surface area is 124 Å². The lowest BCUT2D eigenvalue weighted by molar-refractivity contribution is 0.192. The first-order valence-electron chi connectivity index (χ1n) is 7.89. The highest BCUT2D eigenvalue weighted by molar-refractivity contribution is 5.92. The van der Waals surface area contributed by atoms with Crippen molar-refractivity contribution in [2.24, 2.45) is 0 Å². The third-order valence-corrected chi connectivity index (χ3v) is 4.93. The van der Waals surface area contributed by atoms with E-state index in [9.17, 15) is 5.11 Å². The molecular formula is C17H21N3O. The molecule has 4 nitrogen and oxygen atoms in total. The van der Waals surface area contributed by atoms with Gasteiger partial charge in [0.25, 0.3) is 0 Å². The number of piperidine rings is 1. The summed E-state index contributed by atoms with van der Waals surface area (Å²) in [6.07, 6.45) is 6.98. The first-order valence-corrected chi connectivity index (χ1v) is 7.89. The second-order valence-electron chi connectivity index (χ2n) is 6.20. The van der Waals surface area contributed by atoms with Gasteiger partial charge in [0, 0.05) is 30.2 Å². The van der Waals surface area contributed by atoms with Gasteiger partial charge < -0.3 is 10.4 Å². The van der Waals surface area contributed by atoms with Crippen molar-refractivity contribution >= 4 is 16.6 Å². The van der Waals surface area contributed by atoms with Crippen molar-refractivity contribution in [1.29, 1.82) is 0 Å². The molecule has 0 amide bonds. The summed E-state index contributed by atoms with van der Waals surface area (Å²) >= 11 is 0. The summed E-state index contributed by atoms with van der Waals surface area (Å²) in [4.78, 5) is 7.12. The van der Waals surface area contributed by atoms with E-state index in [1.807, 2.05) is 18.3 Å². The van der Waals surface area contributed by atoms with E-state index in [4.69, 9.17) is 0 Å². The minimum Gasteiger partial charge on any atom is -0.508 e. The Morgan fingerprint density at radius 2 is 2.10 bits per heavy atom. The van der Waals surface area contributed by atoms with Crippen molar-refractivity contribution in [3.63, 3.8) is 0 Å². The van der Waals surface area contributed by atoms with Crippen LogP contribution in [0.2, 0.25) is 0 Å². The number of aromatic nitrogens is 1. The Balaban J connectivity index is 1.64. The summed E-state index contributed by atoms with van der Waals surface area (Å²) in [6.45, 7) is 2.44. The molecular weight excluding hydrogens is 262 g/mol. The number of fused-ring (bicyclic) bond motifs is 2. The van der Waals surface area contributed by atoms with Crippen LogP contribution in [0.15, 0.2) is 30.5 Å². The van der Waals surface area contributed by atoms with E-state index in [1.165, 1.54) is 38.8 Å². The van der Waals surface area contributed by atoms with Gasteiger partial charge in [0.15, 0.2) is 0 Å². The number of rotatable bonds is 2. The third kappa shape index (κ3) is 2.33. The van der Waals surface area contributed by atoms with Gasteiger partial charge in [-0.25, -0.2) is 4.98 Å². The summed E-state index contributed by atoms with van der Waals surface area (Å²) < 4.78 is 0. The topological polar surface area (TPSA) is 48.4 Å².